The van der Waals surface area contributed by atoms with Gasteiger partial charge >= 0.3 is 0 Å². The van der Waals surface area contributed by atoms with Crippen molar-refractivity contribution in [1.29, 1.82) is 0 Å². The second-order valence-corrected chi connectivity index (χ2v) is 5.68. The van der Waals surface area contributed by atoms with Crippen molar-refractivity contribution in [2.75, 3.05) is 0 Å². The SMILES string of the molecule is C/C(=C\c1ccc(I)cc1)C(C)Br. The minimum absolute atomic E-state index is 0.451. The van der Waals surface area contributed by atoms with E-state index in [1.165, 1.54) is 14.7 Å². The van der Waals surface area contributed by atoms with Gasteiger partial charge in [0.25, 0.3) is 0 Å². The Hall–Kier alpha value is 0.170. The normalized spacial score (nSPS) is 14.3. The smallest absolute Gasteiger partial charge is 0.0326 e. The molecule has 0 saturated heterocycles. The molecule has 1 aromatic carbocycles. The largest absolute Gasteiger partial charge is 0.0845 e. The summed E-state index contributed by atoms with van der Waals surface area (Å²) in [5, 5.41) is 0. The van der Waals surface area contributed by atoms with Crippen LogP contribution in [0.5, 0.6) is 0 Å². The quantitative estimate of drug-likeness (QED) is 0.545. The van der Waals surface area contributed by atoms with Crippen LogP contribution in [0.2, 0.25) is 0 Å². The minimum Gasteiger partial charge on any atom is -0.0845 e. The molecule has 0 saturated carbocycles. The number of alkyl halides is 1. The Kier molecular flexibility index (Phi) is 4.46. The molecule has 0 N–H and O–H groups in total. The highest BCUT2D eigenvalue weighted by Gasteiger charge is 1.97. The van der Waals surface area contributed by atoms with Gasteiger partial charge in [-0.3, -0.25) is 0 Å². The van der Waals surface area contributed by atoms with Crippen LogP contribution in [-0.2, 0) is 0 Å². The maximum atomic E-state index is 3.54. The molecule has 0 bridgehead atoms. The molecule has 1 unspecified atom stereocenters. The Labute approximate surface area is 102 Å². The summed E-state index contributed by atoms with van der Waals surface area (Å²) in [6.45, 7) is 4.27. The number of rotatable bonds is 2. The van der Waals surface area contributed by atoms with E-state index in [0.29, 0.717) is 4.83 Å². The average molecular weight is 351 g/mol. The Bertz CT molecular complexity index is 298. The monoisotopic (exact) mass is 350 g/mol. The van der Waals surface area contributed by atoms with Gasteiger partial charge in [-0.15, -0.1) is 0 Å². The van der Waals surface area contributed by atoms with Crippen LogP contribution in [0.15, 0.2) is 29.8 Å². The number of hydrogen-bond donors (Lipinski definition) is 0. The first-order valence-corrected chi connectivity index (χ1v) is 6.17. The van der Waals surface area contributed by atoms with Crippen molar-refractivity contribution in [2.45, 2.75) is 18.7 Å². The summed E-state index contributed by atoms with van der Waals surface area (Å²) < 4.78 is 1.28. The molecule has 1 rings (SSSR count). The summed E-state index contributed by atoms with van der Waals surface area (Å²) >= 11 is 5.86. The summed E-state index contributed by atoms with van der Waals surface area (Å²) in [5.41, 5.74) is 2.62. The summed E-state index contributed by atoms with van der Waals surface area (Å²) in [6.07, 6.45) is 2.20. The first kappa shape index (κ1) is 11.2. The van der Waals surface area contributed by atoms with Crippen LogP contribution in [0.1, 0.15) is 19.4 Å². The van der Waals surface area contributed by atoms with E-state index in [1.807, 2.05) is 0 Å². The van der Waals surface area contributed by atoms with Gasteiger partial charge in [-0.05, 0) is 54.1 Å². The lowest BCUT2D eigenvalue weighted by atomic mass is 10.1. The van der Waals surface area contributed by atoms with Gasteiger partial charge in [0.2, 0.25) is 0 Å². The van der Waals surface area contributed by atoms with Crippen LogP contribution in [-0.4, -0.2) is 4.83 Å². The van der Waals surface area contributed by atoms with E-state index < -0.39 is 0 Å². The molecule has 2 heteroatoms. The first-order chi connectivity index (χ1) is 6.09. The van der Waals surface area contributed by atoms with Crippen molar-refractivity contribution in [3.05, 3.63) is 39.0 Å². The van der Waals surface area contributed by atoms with Gasteiger partial charge < -0.3 is 0 Å². The maximum absolute atomic E-state index is 3.54. The summed E-state index contributed by atoms with van der Waals surface area (Å²) in [7, 11) is 0. The molecule has 13 heavy (non-hydrogen) atoms. The molecule has 70 valence electrons. The van der Waals surface area contributed by atoms with Crippen molar-refractivity contribution in [3.63, 3.8) is 0 Å². The molecule has 0 aromatic heterocycles. The average Bonchev–Trinajstić information content (AvgIpc) is 2.08. The molecule has 0 fully saturated rings. The standard InChI is InChI=1S/C11H12BrI/c1-8(9(2)12)7-10-3-5-11(13)6-4-10/h3-7,9H,1-2H3/b8-7+. The van der Waals surface area contributed by atoms with E-state index in [4.69, 9.17) is 0 Å². The van der Waals surface area contributed by atoms with Gasteiger partial charge in [0.1, 0.15) is 0 Å². The van der Waals surface area contributed by atoms with Crippen molar-refractivity contribution < 1.29 is 0 Å². The first-order valence-electron chi connectivity index (χ1n) is 4.17. The molecule has 0 heterocycles. The Morgan fingerprint density at radius 3 is 2.38 bits per heavy atom. The van der Waals surface area contributed by atoms with Crippen molar-refractivity contribution in [3.8, 4) is 0 Å². The van der Waals surface area contributed by atoms with E-state index in [9.17, 15) is 0 Å². The van der Waals surface area contributed by atoms with E-state index in [-0.39, 0.29) is 0 Å². The second-order valence-electron chi connectivity index (χ2n) is 3.06. The van der Waals surface area contributed by atoms with E-state index in [0.717, 1.165) is 0 Å². The zero-order valence-electron chi connectivity index (χ0n) is 7.72. The third-order valence-corrected chi connectivity index (χ3v) is 3.33. The van der Waals surface area contributed by atoms with E-state index in [1.54, 1.807) is 0 Å². The molecule has 1 atom stereocenters. The summed E-state index contributed by atoms with van der Waals surface area (Å²) in [5.74, 6) is 0. The number of allylic oxidation sites excluding steroid dienone is 1. The molecule has 0 spiro atoms. The van der Waals surface area contributed by atoms with Crippen molar-refractivity contribution in [1.82, 2.24) is 0 Å². The fourth-order valence-electron chi connectivity index (χ4n) is 0.937. The summed E-state index contributed by atoms with van der Waals surface area (Å²) in [6, 6.07) is 8.53. The third-order valence-electron chi connectivity index (χ3n) is 1.89. The lowest BCUT2D eigenvalue weighted by molar-refractivity contribution is 1.16. The van der Waals surface area contributed by atoms with Crippen molar-refractivity contribution >= 4 is 44.6 Å². The highest BCUT2D eigenvalue weighted by molar-refractivity contribution is 14.1. The zero-order valence-corrected chi connectivity index (χ0v) is 11.5. The topological polar surface area (TPSA) is 0 Å². The van der Waals surface area contributed by atoms with Crippen LogP contribution >= 0.6 is 38.5 Å². The Morgan fingerprint density at radius 1 is 1.38 bits per heavy atom. The number of benzene rings is 1. The molecule has 0 aliphatic rings. The van der Waals surface area contributed by atoms with Crippen molar-refractivity contribution in [2.24, 2.45) is 0 Å². The highest BCUT2D eigenvalue weighted by atomic mass is 127. The van der Waals surface area contributed by atoms with Gasteiger partial charge in [-0.2, -0.15) is 0 Å². The maximum Gasteiger partial charge on any atom is 0.0326 e. The Morgan fingerprint density at radius 2 is 1.92 bits per heavy atom. The van der Waals surface area contributed by atoms with E-state index >= 15 is 0 Å². The minimum atomic E-state index is 0.451. The molecule has 0 amide bonds. The fraction of sp³-hybridized carbons (Fsp3) is 0.273. The van der Waals surface area contributed by atoms with Crippen LogP contribution in [0.25, 0.3) is 6.08 Å². The zero-order chi connectivity index (χ0) is 9.84. The lowest BCUT2D eigenvalue weighted by Gasteiger charge is -2.03. The van der Waals surface area contributed by atoms with Gasteiger partial charge in [-0.25, -0.2) is 0 Å². The molecule has 0 nitrogen and oxygen atoms in total. The predicted octanol–water partition coefficient (Wildman–Crippen LogP) is 4.48. The fourth-order valence-corrected chi connectivity index (χ4v) is 1.43. The lowest BCUT2D eigenvalue weighted by Crippen LogP contribution is -1.90. The van der Waals surface area contributed by atoms with Crippen LogP contribution < -0.4 is 0 Å². The predicted molar refractivity (Wildman–Crippen MR) is 71.2 cm³/mol. The van der Waals surface area contributed by atoms with Gasteiger partial charge in [0.05, 0.1) is 0 Å². The van der Waals surface area contributed by atoms with Crippen LogP contribution in [0.3, 0.4) is 0 Å². The Balaban J connectivity index is 2.85. The third kappa shape index (κ3) is 3.81. The van der Waals surface area contributed by atoms with Gasteiger partial charge in [0, 0.05) is 8.40 Å². The van der Waals surface area contributed by atoms with E-state index in [2.05, 4.69) is 82.7 Å². The van der Waals surface area contributed by atoms with Crippen LogP contribution in [0.4, 0.5) is 0 Å². The molecule has 1 aromatic rings. The number of halogens is 2. The molecule has 0 aliphatic carbocycles. The summed E-state index contributed by atoms with van der Waals surface area (Å²) in [4.78, 5) is 0.451. The van der Waals surface area contributed by atoms with Crippen LogP contribution in [0, 0.1) is 3.57 Å². The molecule has 0 aliphatic heterocycles. The number of hydrogen-bond acceptors (Lipinski definition) is 0. The van der Waals surface area contributed by atoms with Gasteiger partial charge in [0.15, 0.2) is 0 Å². The molecule has 0 radical (unpaired) electrons. The van der Waals surface area contributed by atoms with Gasteiger partial charge in [-0.1, -0.05) is 39.7 Å². The molecular formula is C11H12BrI. The molecular weight excluding hydrogens is 339 g/mol. The highest BCUT2D eigenvalue weighted by Crippen LogP contribution is 2.15. The second kappa shape index (κ2) is 5.15.